The number of rotatable bonds is 4. The minimum atomic E-state index is -0.411. The number of carbonyl (C=O) groups excluding carboxylic acids is 1. The number of halogens is 2. The molecule has 0 N–H and O–H groups in total. The molecule has 5 heteroatoms. The molecule has 2 aromatic rings. The SMILES string of the molecule is COc1ccc(OC)c(C(=O)c2ccc(F)cc2Br)c1. The number of methoxy groups -OCH3 is 2. The van der Waals surface area contributed by atoms with E-state index in [2.05, 4.69) is 15.9 Å². The molecule has 104 valence electrons. The highest BCUT2D eigenvalue weighted by atomic mass is 79.9. The zero-order chi connectivity index (χ0) is 14.7. The molecule has 3 nitrogen and oxygen atoms in total. The first kappa shape index (κ1) is 14.5. The van der Waals surface area contributed by atoms with Crippen LogP contribution in [0.1, 0.15) is 15.9 Å². The van der Waals surface area contributed by atoms with Gasteiger partial charge in [0, 0.05) is 10.0 Å². The minimum absolute atomic E-state index is 0.271. The van der Waals surface area contributed by atoms with Crippen molar-refractivity contribution in [1.82, 2.24) is 0 Å². The van der Waals surface area contributed by atoms with Gasteiger partial charge in [-0.1, -0.05) is 0 Å². The quantitative estimate of drug-likeness (QED) is 0.794. The molecule has 0 heterocycles. The lowest BCUT2D eigenvalue weighted by atomic mass is 10.0. The van der Waals surface area contributed by atoms with Crippen molar-refractivity contribution in [2.75, 3.05) is 14.2 Å². The van der Waals surface area contributed by atoms with Gasteiger partial charge in [-0.15, -0.1) is 0 Å². The summed E-state index contributed by atoms with van der Waals surface area (Å²) in [4.78, 5) is 12.5. The van der Waals surface area contributed by atoms with Gasteiger partial charge in [0.25, 0.3) is 0 Å². The van der Waals surface area contributed by atoms with E-state index in [1.165, 1.54) is 32.4 Å². The molecule has 0 saturated carbocycles. The predicted octanol–water partition coefficient (Wildman–Crippen LogP) is 3.84. The van der Waals surface area contributed by atoms with Crippen LogP contribution < -0.4 is 9.47 Å². The van der Waals surface area contributed by atoms with Gasteiger partial charge in [-0.25, -0.2) is 4.39 Å². The van der Waals surface area contributed by atoms with Crippen molar-refractivity contribution in [3.8, 4) is 11.5 Å². The third-order valence-corrected chi connectivity index (χ3v) is 3.48. The summed E-state index contributed by atoms with van der Waals surface area (Å²) >= 11 is 3.19. The van der Waals surface area contributed by atoms with Gasteiger partial charge in [0.1, 0.15) is 17.3 Å². The van der Waals surface area contributed by atoms with Crippen LogP contribution in [-0.2, 0) is 0 Å². The Morgan fingerprint density at radius 1 is 1.05 bits per heavy atom. The Hall–Kier alpha value is -1.88. The van der Waals surface area contributed by atoms with E-state index in [9.17, 15) is 9.18 Å². The maximum absolute atomic E-state index is 13.1. The second-order valence-corrected chi connectivity index (χ2v) is 4.87. The van der Waals surface area contributed by atoms with Crippen molar-refractivity contribution >= 4 is 21.7 Å². The summed E-state index contributed by atoms with van der Waals surface area (Å²) in [5.74, 6) is 0.304. The van der Waals surface area contributed by atoms with E-state index in [0.29, 0.717) is 27.1 Å². The van der Waals surface area contributed by atoms with Crippen LogP contribution in [0, 0.1) is 5.82 Å². The summed E-state index contributed by atoms with van der Waals surface area (Å²) in [6, 6.07) is 8.88. The molecule has 2 aromatic carbocycles. The van der Waals surface area contributed by atoms with Gasteiger partial charge < -0.3 is 9.47 Å². The molecule has 0 spiro atoms. The molecular formula is C15H12BrFO3. The lowest BCUT2D eigenvalue weighted by molar-refractivity contribution is 0.103. The van der Waals surface area contributed by atoms with E-state index < -0.39 is 5.82 Å². The summed E-state index contributed by atoms with van der Waals surface area (Å²) in [7, 11) is 3.00. The molecule has 0 radical (unpaired) electrons. The standard InChI is InChI=1S/C15H12BrFO3/c1-19-10-4-6-14(20-2)12(8-10)15(18)11-5-3-9(17)7-13(11)16/h3-8H,1-2H3. The zero-order valence-corrected chi connectivity index (χ0v) is 12.5. The summed E-state index contributed by atoms with van der Waals surface area (Å²) in [6.07, 6.45) is 0. The number of benzene rings is 2. The lowest BCUT2D eigenvalue weighted by Gasteiger charge is -2.10. The van der Waals surface area contributed by atoms with Gasteiger partial charge in [-0.2, -0.15) is 0 Å². The summed E-state index contributed by atoms with van der Waals surface area (Å²) in [6.45, 7) is 0. The first-order valence-electron chi connectivity index (χ1n) is 5.78. The van der Waals surface area contributed by atoms with Crippen LogP contribution in [0.15, 0.2) is 40.9 Å². The number of hydrogen-bond donors (Lipinski definition) is 0. The van der Waals surface area contributed by atoms with Crippen molar-refractivity contribution in [3.05, 3.63) is 57.8 Å². The molecule has 0 aliphatic heterocycles. The second-order valence-electron chi connectivity index (χ2n) is 4.02. The summed E-state index contributed by atoms with van der Waals surface area (Å²) < 4.78 is 23.8. The monoisotopic (exact) mass is 338 g/mol. The highest BCUT2D eigenvalue weighted by Crippen LogP contribution is 2.29. The molecule has 2 rings (SSSR count). The maximum atomic E-state index is 13.1. The third-order valence-electron chi connectivity index (χ3n) is 2.83. The molecule has 0 fully saturated rings. The van der Waals surface area contributed by atoms with Gasteiger partial charge in [-0.3, -0.25) is 4.79 Å². The summed E-state index contributed by atoms with van der Waals surface area (Å²) in [5, 5.41) is 0. The Balaban J connectivity index is 2.51. The first-order chi connectivity index (χ1) is 9.56. The van der Waals surface area contributed by atoms with Crippen LogP contribution in [0.2, 0.25) is 0 Å². The molecule has 0 aliphatic carbocycles. The Morgan fingerprint density at radius 3 is 2.40 bits per heavy atom. The normalized spacial score (nSPS) is 10.2. The van der Waals surface area contributed by atoms with Crippen LogP contribution in [-0.4, -0.2) is 20.0 Å². The Bertz CT molecular complexity index is 656. The first-order valence-corrected chi connectivity index (χ1v) is 6.58. The van der Waals surface area contributed by atoms with Gasteiger partial charge in [0.15, 0.2) is 5.78 Å². The van der Waals surface area contributed by atoms with E-state index >= 15 is 0 Å². The van der Waals surface area contributed by atoms with Crippen molar-refractivity contribution in [3.63, 3.8) is 0 Å². The van der Waals surface area contributed by atoms with E-state index in [1.807, 2.05) is 0 Å². The molecule has 0 bridgehead atoms. The largest absolute Gasteiger partial charge is 0.497 e. The maximum Gasteiger partial charge on any atom is 0.198 e. The van der Waals surface area contributed by atoms with E-state index in [0.717, 1.165) is 0 Å². The fourth-order valence-corrected chi connectivity index (χ4v) is 2.34. The number of hydrogen-bond acceptors (Lipinski definition) is 3. The van der Waals surface area contributed by atoms with E-state index in [1.54, 1.807) is 18.2 Å². The van der Waals surface area contributed by atoms with Crippen LogP contribution in [0.4, 0.5) is 4.39 Å². The molecule has 0 aromatic heterocycles. The molecule has 0 atom stereocenters. The smallest absolute Gasteiger partial charge is 0.198 e. The Labute approximate surface area is 124 Å². The molecule has 0 amide bonds. The van der Waals surface area contributed by atoms with E-state index in [-0.39, 0.29) is 5.78 Å². The van der Waals surface area contributed by atoms with Crippen molar-refractivity contribution in [2.24, 2.45) is 0 Å². The summed E-state index contributed by atoms with van der Waals surface area (Å²) in [5.41, 5.74) is 0.720. The number of ketones is 1. The second kappa shape index (κ2) is 6.05. The van der Waals surface area contributed by atoms with Gasteiger partial charge in [-0.05, 0) is 52.3 Å². The lowest BCUT2D eigenvalue weighted by Crippen LogP contribution is -2.05. The number of carbonyl (C=O) groups is 1. The van der Waals surface area contributed by atoms with Crippen LogP contribution in [0.25, 0.3) is 0 Å². The van der Waals surface area contributed by atoms with Crippen LogP contribution in [0.5, 0.6) is 11.5 Å². The Kier molecular flexibility index (Phi) is 4.39. The average molecular weight is 339 g/mol. The van der Waals surface area contributed by atoms with Gasteiger partial charge >= 0.3 is 0 Å². The predicted molar refractivity (Wildman–Crippen MR) is 77.1 cm³/mol. The van der Waals surface area contributed by atoms with Gasteiger partial charge in [0.05, 0.1) is 19.8 Å². The van der Waals surface area contributed by atoms with Gasteiger partial charge in [0.2, 0.25) is 0 Å². The van der Waals surface area contributed by atoms with Crippen LogP contribution in [0.3, 0.4) is 0 Å². The van der Waals surface area contributed by atoms with Crippen molar-refractivity contribution in [1.29, 1.82) is 0 Å². The van der Waals surface area contributed by atoms with E-state index in [4.69, 9.17) is 9.47 Å². The molecule has 20 heavy (non-hydrogen) atoms. The highest BCUT2D eigenvalue weighted by molar-refractivity contribution is 9.10. The molecule has 0 unspecified atom stereocenters. The minimum Gasteiger partial charge on any atom is -0.497 e. The fraction of sp³-hybridized carbons (Fsp3) is 0.133. The zero-order valence-electron chi connectivity index (χ0n) is 10.9. The average Bonchev–Trinajstić information content (AvgIpc) is 2.46. The topological polar surface area (TPSA) is 35.5 Å². The molecule has 0 aliphatic rings. The number of ether oxygens (including phenoxy) is 2. The van der Waals surface area contributed by atoms with Crippen molar-refractivity contribution in [2.45, 2.75) is 0 Å². The Morgan fingerprint density at radius 2 is 1.80 bits per heavy atom. The fourth-order valence-electron chi connectivity index (χ4n) is 1.81. The molecular weight excluding hydrogens is 327 g/mol. The van der Waals surface area contributed by atoms with Crippen LogP contribution >= 0.6 is 15.9 Å². The molecule has 0 saturated heterocycles. The third kappa shape index (κ3) is 2.82. The highest BCUT2D eigenvalue weighted by Gasteiger charge is 2.18. The van der Waals surface area contributed by atoms with Crippen molar-refractivity contribution < 1.29 is 18.7 Å².